The molecule has 0 aromatic rings. The average molecular weight is 697 g/mol. The topological polar surface area (TPSA) is 110 Å². The van der Waals surface area contributed by atoms with Crippen LogP contribution in [0.25, 0.3) is 0 Å². The molecule has 0 amide bonds. The molecular weight excluding hydrogens is 616 g/mol. The Balaban J connectivity index is 3.71. The lowest BCUT2D eigenvalue weighted by Gasteiger charge is -2.21. The van der Waals surface area contributed by atoms with Gasteiger partial charge in [-0.2, -0.15) is 0 Å². The first kappa shape index (κ1) is 47.4. The molecule has 0 aliphatic heterocycles. The highest BCUT2D eigenvalue weighted by atomic mass is 16.5. The largest absolute Gasteiger partial charge is 0.479 e. The van der Waals surface area contributed by atoms with Crippen LogP contribution in [-0.4, -0.2) is 46.9 Å². The highest BCUT2D eigenvalue weighted by molar-refractivity contribution is 5.89. The van der Waals surface area contributed by atoms with E-state index in [2.05, 4.69) is 13.8 Å². The van der Waals surface area contributed by atoms with Crippen molar-refractivity contribution in [1.29, 1.82) is 0 Å². The van der Waals surface area contributed by atoms with Gasteiger partial charge in [0.25, 0.3) is 0 Å². The van der Waals surface area contributed by atoms with E-state index < -0.39 is 36.4 Å². The number of carboxylic acids is 1. The molecule has 0 saturated heterocycles. The molecule has 0 atom stereocenters. The van der Waals surface area contributed by atoms with Crippen molar-refractivity contribution >= 4 is 17.9 Å². The summed E-state index contributed by atoms with van der Waals surface area (Å²) in [5, 5.41) is 20.0. The van der Waals surface area contributed by atoms with Gasteiger partial charge < -0.3 is 19.7 Å². The molecule has 7 heteroatoms. The maximum absolute atomic E-state index is 12.2. The molecule has 0 aliphatic rings. The molecule has 0 aromatic heterocycles. The van der Waals surface area contributed by atoms with Crippen LogP contribution < -0.4 is 0 Å². The molecule has 0 unspecified atom stereocenters. The lowest BCUT2D eigenvalue weighted by Crippen LogP contribution is -2.43. The van der Waals surface area contributed by atoms with Crippen LogP contribution in [0.4, 0.5) is 0 Å². The number of carbonyl (C=O) groups excluding carboxylic acids is 2. The third-order valence-corrected chi connectivity index (χ3v) is 9.79. The fraction of sp³-hybridized carbons (Fsp3) is 0.929. The van der Waals surface area contributed by atoms with Crippen LogP contribution in [0.2, 0.25) is 0 Å². The summed E-state index contributed by atoms with van der Waals surface area (Å²) in [5.74, 6) is -3.24. The van der Waals surface area contributed by atoms with Crippen LogP contribution in [0, 0.1) is 0 Å². The number of carbonyl (C=O) groups is 3. The molecule has 0 rings (SSSR count). The van der Waals surface area contributed by atoms with E-state index in [9.17, 15) is 24.6 Å². The second-order valence-electron chi connectivity index (χ2n) is 14.7. The number of rotatable bonds is 39. The quantitative estimate of drug-likeness (QED) is 0.0486. The summed E-state index contributed by atoms with van der Waals surface area (Å²) in [5.41, 5.74) is -2.52. The van der Waals surface area contributed by atoms with E-state index in [1.54, 1.807) is 0 Å². The van der Waals surface area contributed by atoms with Gasteiger partial charge in [0.05, 0.1) is 26.1 Å². The van der Waals surface area contributed by atoms with Gasteiger partial charge in [0.1, 0.15) is 0 Å². The molecule has 290 valence electrons. The SMILES string of the molecule is CCCCCCCCCCCCCCCCCCOC(=O)CC(O)(CC(=O)OCCCCCCCCCCCCCCCCCC)C(=O)O. The van der Waals surface area contributed by atoms with Gasteiger partial charge in [0.15, 0.2) is 5.60 Å². The third kappa shape index (κ3) is 33.3. The number of esters is 2. The second kappa shape index (κ2) is 36.2. The van der Waals surface area contributed by atoms with Gasteiger partial charge in [-0.15, -0.1) is 0 Å². The van der Waals surface area contributed by atoms with Gasteiger partial charge in [0, 0.05) is 0 Å². The summed E-state index contributed by atoms with van der Waals surface area (Å²) in [6.45, 7) is 4.90. The molecule has 0 fully saturated rings. The Morgan fingerprint density at radius 1 is 0.388 bits per heavy atom. The summed E-state index contributed by atoms with van der Waals surface area (Å²) in [4.78, 5) is 36.2. The molecule has 0 bridgehead atoms. The van der Waals surface area contributed by atoms with Gasteiger partial charge in [-0.3, -0.25) is 9.59 Å². The van der Waals surface area contributed by atoms with E-state index in [0.29, 0.717) is 12.8 Å². The van der Waals surface area contributed by atoms with E-state index in [4.69, 9.17) is 9.47 Å². The number of hydrogen-bond acceptors (Lipinski definition) is 6. The van der Waals surface area contributed by atoms with Crippen LogP contribution in [0.3, 0.4) is 0 Å². The summed E-state index contributed by atoms with van der Waals surface area (Å²) in [6.07, 6.45) is 38.6. The highest BCUT2D eigenvalue weighted by Crippen LogP contribution is 2.19. The number of carboxylic acid groups (broad SMARTS) is 1. The fourth-order valence-corrected chi connectivity index (χ4v) is 6.47. The van der Waals surface area contributed by atoms with Gasteiger partial charge in [-0.25, -0.2) is 4.79 Å². The molecule has 0 spiro atoms. The first-order valence-corrected chi connectivity index (χ1v) is 21.1. The van der Waals surface area contributed by atoms with Crippen molar-refractivity contribution in [2.75, 3.05) is 13.2 Å². The number of unbranched alkanes of at least 4 members (excludes halogenated alkanes) is 30. The minimum absolute atomic E-state index is 0.191. The van der Waals surface area contributed by atoms with E-state index in [-0.39, 0.29) is 13.2 Å². The van der Waals surface area contributed by atoms with Crippen molar-refractivity contribution in [2.45, 2.75) is 238 Å². The Morgan fingerprint density at radius 3 is 0.796 bits per heavy atom. The lowest BCUT2D eigenvalue weighted by atomic mass is 9.96. The fourth-order valence-electron chi connectivity index (χ4n) is 6.47. The monoisotopic (exact) mass is 697 g/mol. The number of ether oxygens (including phenoxy) is 2. The molecule has 0 saturated carbocycles. The zero-order valence-corrected chi connectivity index (χ0v) is 32.4. The van der Waals surface area contributed by atoms with Crippen molar-refractivity contribution in [3.8, 4) is 0 Å². The van der Waals surface area contributed by atoms with Crippen LogP contribution in [0.1, 0.15) is 232 Å². The first-order chi connectivity index (χ1) is 23.9. The zero-order chi connectivity index (χ0) is 36.1. The maximum atomic E-state index is 12.2. The molecular formula is C42H80O7. The van der Waals surface area contributed by atoms with Gasteiger partial charge in [-0.1, -0.05) is 206 Å². The van der Waals surface area contributed by atoms with Crippen molar-refractivity contribution < 1.29 is 34.1 Å². The summed E-state index contributed by atoms with van der Waals surface area (Å²) < 4.78 is 10.3. The smallest absolute Gasteiger partial charge is 0.336 e. The molecule has 0 aromatic carbocycles. The summed E-state index contributed by atoms with van der Waals surface area (Å²) in [7, 11) is 0. The Kier molecular flexibility index (Phi) is 35.0. The normalized spacial score (nSPS) is 11.6. The van der Waals surface area contributed by atoms with E-state index in [1.165, 1.54) is 167 Å². The first-order valence-electron chi connectivity index (χ1n) is 21.1. The number of aliphatic hydroxyl groups is 1. The molecule has 0 heterocycles. The number of aliphatic carboxylic acids is 1. The van der Waals surface area contributed by atoms with Crippen molar-refractivity contribution in [3.63, 3.8) is 0 Å². The Bertz CT molecular complexity index is 701. The predicted molar refractivity (Wildman–Crippen MR) is 203 cm³/mol. The van der Waals surface area contributed by atoms with Crippen molar-refractivity contribution in [1.82, 2.24) is 0 Å². The van der Waals surface area contributed by atoms with Gasteiger partial charge >= 0.3 is 17.9 Å². The predicted octanol–water partition coefficient (Wildman–Crippen LogP) is 12.2. The Hall–Kier alpha value is -1.63. The van der Waals surface area contributed by atoms with Gasteiger partial charge in [0.2, 0.25) is 0 Å². The molecule has 0 aliphatic carbocycles. The molecule has 0 radical (unpaired) electrons. The van der Waals surface area contributed by atoms with E-state index >= 15 is 0 Å². The van der Waals surface area contributed by atoms with E-state index in [1.807, 2.05) is 0 Å². The summed E-state index contributed by atoms with van der Waals surface area (Å²) >= 11 is 0. The maximum Gasteiger partial charge on any atom is 0.336 e. The summed E-state index contributed by atoms with van der Waals surface area (Å²) in [6, 6.07) is 0. The lowest BCUT2D eigenvalue weighted by molar-refractivity contribution is -0.173. The van der Waals surface area contributed by atoms with Crippen LogP contribution in [0.15, 0.2) is 0 Å². The van der Waals surface area contributed by atoms with Crippen molar-refractivity contribution in [2.24, 2.45) is 0 Å². The highest BCUT2D eigenvalue weighted by Gasteiger charge is 2.42. The average Bonchev–Trinajstić information content (AvgIpc) is 3.07. The molecule has 2 N–H and O–H groups in total. The Morgan fingerprint density at radius 2 is 0.592 bits per heavy atom. The number of hydrogen-bond donors (Lipinski definition) is 2. The minimum atomic E-state index is -2.52. The van der Waals surface area contributed by atoms with Crippen LogP contribution >= 0.6 is 0 Å². The standard InChI is InChI=1S/C42H80O7/c1-3-5-7-9-11-13-15-17-19-21-23-25-27-29-31-33-35-48-39(43)37-42(47,41(45)46)38-40(44)49-36-34-32-30-28-26-24-22-20-18-16-14-12-10-8-6-4-2/h47H,3-38H2,1-2H3,(H,45,46). The Labute approximate surface area is 302 Å². The zero-order valence-electron chi connectivity index (χ0n) is 32.4. The van der Waals surface area contributed by atoms with Crippen molar-refractivity contribution in [3.05, 3.63) is 0 Å². The third-order valence-electron chi connectivity index (χ3n) is 9.79. The van der Waals surface area contributed by atoms with Crippen LogP contribution in [-0.2, 0) is 23.9 Å². The molecule has 49 heavy (non-hydrogen) atoms. The minimum Gasteiger partial charge on any atom is -0.479 e. The van der Waals surface area contributed by atoms with Crippen LogP contribution in [0.5, 0.6) is 0 Å². The second-order valence-corrected chi connectivity index (χ2v) is 14.7. The van der Waals surface area contributed by atoms with Gasteiger partial charge in [-0.05, 0) is 12.8 Å². The molecule has 7 nitrogen and oxygen atoms in total. The van der Waals surface area contributed by atoms with E-state index in [0.717, 1.165) is 25.7 Å².